The summed E-state index contributed by atoms with van der Waals surface area (Å²) in [6.45, 7) is 6.63. The molecule has 0 spiro atoms. The van der Waals surface area contributed by atoms with E-state index in [1.54, 1.807) is 25.4 Å². The molecule has 1 saturated heterocycles. The van der Waals surface area contributed by atoms with E-state index in [1.807, 2.05) is 13.0 Å². The lowest BCUT2D eigenvalue weighted by Crippen LogP contribution is -2.31. The minimum absolute atomic E-state index is 0.0498. The first-order chi connectivity index (χ1) is 11.7. The molecule has 1 fully saturated rings. The number of ether oxygens (including phenoxy) is 2. The smallest absolute Gasteiger partial charge is 0.310 e. The van der Waals surface area contributed by atoms with Gasteiger partial charge in [-0.25, -0.2) is 0 Å². The standard InChI is InChI=1S/C9H17NO2.C9H11NO2/c2*1-2-12-9(11)6-8-4-3-5-10-7-8/h8,10H,2-7H2,1H3;3-5,7H,2,6H2,1H3. The third kappa shape index (κ3) is 9.25. The van der Waals surface area contributed by atoms with Crippen molar-refractivity contribution in [1.29, 1.82) is 0 Å². The van der Waals surface area contributed by atoms with E-state index in [9.17, 15) is 9.59 Å². The normalized spacial score (nSPS) is 16.5. The third-order valence-electron chi connectivity index (χ3n) is 3.54. The molecule has 0 aromatic carbocycles. The maximum atomic E-state index is 11.1. The van der Waals surface area contributed by atoms with Crippen molar-refractivity contribution in [1.82, 2.24) is 10.3 Å². The number of carbonyl (C=O) groups is 2. The Morgan fingerprint density at radius 3 is 2.58 bits per heavy atom. The van der Waals surface area contributed by atoms with E-state index >= 15 is 0 Å². The second-order valence-electron chi connectivity index (χ2n) is 5.56. The molecule has 1 aromatic heterocycles. The molecule has 1 atom stereocenters. The zero-order chi connectivity index (χ0) is 17.6. The summed E-state index contributed by atoms with van der Waals surface area (Å²) in [6.07, 6.45) is 6.57. The maximum Gasteiger partial charge on any atom is 0.310 e. The largest absolute Gasteiger partial charge is 0.466 e. The zero-order valence-electron chi connectivity index (χ0n) is 14.6. The fourth-order valence-electron chi connectivity index (χ4n) is 2.44. The van der Waals surface area contributed by atoms with Crippen LogP contribution < -0.4 is 5.32 Å². The molecule has 1 aliphatic heterocycles. The molecule has 0 aliphatic carbocycles. The topological polar surface area (TPSA) is 77.5 Å². The maximum absolute atomic E-state index is 11.1. The summed E-state index contributed by atoms with van der Waals surface area (Å²) in [6, 6.07) is 3.65. The Labute approximate surface area is 143 Å². The highest BCUT2D eigenvalue weighted by Crippen LogP contribution is 2.14. The van der Waals surface area contributed by atoms with Crippen molar-refractivity contribution in [2.75, 3.05) is 26.3 Å². The molecule has 0 radical (unpaired) electrons. The van der Waals surface area contributed by atoms with Crippen LogP contribution in [0.15, 0.2) is 24.5 Å². The molecule has 134 valence electrons. The highest BCUT2D eigenvalue weighted by Gasteiger charge is 2.16. The molecular weight excluding hydrogens is 308 g/mol. The average Bonchev–Trinajstić information content (AvgIpc) is 2.58. The Bertz CT molecular complexity index is 473. The van der Waals surface area contributed by atoms with Crippen LogP contribution in [0.25, 0.3) is 0 Å². The van der Waals surface area contributed by atoms with Gasteiger partial charge in [-0.3, -0.25) is 14.6 Å². The van der Waals surface area contributed by atoms with E-state index in [-0.39, 0.29) is 11.9 Å². The summed E-state index contributed by atoms with van der Waals surface area (Å²) in [5.41, 5.74) is 0.885. The lowest BCUT2D eigenvalue weighted by atomic mass is 9.96. The molecule has 1 N–H and O–H groups in total. The Balaban J connectivity index is 0.000000240. The molecule has 1 aliphatic rings. The van der Waals surface area contributed by atoms with Crippen molar-refractivity contribution in [3.8, 4) is 0 Å². The molecular formula is C18H28N2O4. The van der Waals surface area contributed by atoms with Gasteiger partial charge in [0.15, 0.2) is 0 Å². The molecule has 0 amide bonds. The summed E-state index contributed by atoms with van der Waals surface area (Å²) in [4.78, 5) is 25.9. The second kappa shape index (κ2) is 12.5. The minimum Gasteiger partial charge on any atom is -0.466 e. The Kier molecular flexibility index (Phi) is 10.4. The number of pyridine rings is 1. The molecule has 0 bridgehead atoms. The molecule has 6 heteroatoms. The van der Waals surface area contributed by atoms with Crippen molar-refractivity contribution < 1.29 is 19.1 Å². The van der Waals surface area contributed by atoms with Crippen LogP contribution in [-0.2, 0) is 25.5 Å². The molecule has 6 nitrogen and oxygen atoms in total. The number of piperidine rings is 1. The van der Waals surface area contributed by atoms with Crippen LogP contribution in [0.4, 0.5) is 0 Å². The van der Waals surface area contributed by atoms with Crippen LogP contribution in [0.1, 0.15) is 38.7 Å². The van der Waals surface area contributed by atoms with Gasteiger partial charge in [-0.2, -0.15) is 0 Å². The van der Waals surface area contributed by atoms with Crippen LogP contribution in [0.2, 0.25) is 0 Å². The summed E-state index contributed by atoms with van der Waals surface area (Å²) < 4.78 is 9.66. The van der Waals surface area contributed by atoms with Gasteiger partial charge >= 0.3 is 11.9 Å². The van der Waals surface area contributed by atoms with Crippen LogP contribution in [0.3, 0.4) is 0 Å². The minimum atomic E-state index is -0.203. The summed E-state index contributed by atoms with van der Waals surface area (Å²) >= 11 is 0. The Morgan fingerprint density at radius 2 is 2.00 bits per heavy atom. The fraction of sp³-hybridized carbons (Fsp3) is 0.611. The highest BCUT2D eigenvalue weighted by molar-refractivity contribution is 5.72. The highest BCUT2D eigenvalue weighted by atomic mass is 16.5. The lowest BCUT2D eigenvalue weighted by molar-refractivity contribution is -0.144. The molecule has 1 aromatic rings. The van der Waals surface area contributed by atoms with E-state index in [1.165, 1.54) is 6.42 Å². The Morgan fingerprint density at radius 1 is 1.25 bits per heavy atom. The van der Waals surface area contributed by atoms with E-state index in [4.69, 9.17) is 9.47 Å². The second-order valence-corrected chi connectivity index (χ2v) is 5.56. The van der Waals surface area contributed by atoms with Gasteiger partial charge in [-0.05, 0) is 57.3 Å². The number of aromatic nitrogens is 1. The molecule has 1 unspecified atom stereocenters. The van der Waals surface area contributed by atoms with Gasteiger partial charge in [-0.1, -0.05) is 6.07 Å². The van der Waals surface area contributed by atoms with Gasteiger partial charge in [0.2, 0.25) is 0 Å². The fourth-order valence-corrected chi connectivity index (χ4v) is 2.44. The number of esters is 2. The average molecular weight is 336 g/mol. The van der Waals surface area contributed by atoms with E-state index < -0.39 is 0 Å². The SMILES string of the molecule is CCOC(=O)CC1CCCNC1.CCOC(=O)Cc1cccnc1. The van der Waals surface area contributed by atoms with Gasteiger partial charge in [0.1, 0.15) is 0 Å². The van der Waals surface area contributed by atoms with E-state index in [2.05, 4.69) is 10.3 Å². The lowest BCUT2D eigenvalue weighted by Gasteiger charge is -2.21. The number of nitrogens with one attached hydrogen (secondary N) is 1. The molecule has 24 heavy (non-hydrogen) atoms. The summed E-state index contributed by atoms with van der Waals surface area (Å²) in [7, 11) is 0. The molecule has 2 rings (SSSR count). The Hall–Kier alpha value is -1.95. The van der Waals surface area contributed by atoms with E-state index in [0.717, 1.165) is 25.1 Å². The van der Waals surface area contributed by atoms with Crippen LogP contribution in [0, 0.1) is 5.92 Å². The third-order valence-corrected chi connectivity index (χ3v) is 3.54. The van der Waals surface area contributed by atoms with Crippen molar-refractivity contribution in [3.63, 3.8) is 0 Å². The predicted octanol–water partition coefficient (Wildman–Crippen LogP) is 2.13. The van der Waals surface area contributed by atoms with Crippen LogP contribution in [0.5, 0.6) is 0 Å². The number of hydrogen-bond acceptors (Lipinski definition) is 6. The predicted molar refractivity (Wildman–Crippen MR) is 91.4 cm³/mol. The first-order valence-electron chi connectivity index (χ1n) is 8.56. The van der Waals surface area contributed by atoms with Crippen molar-refractivity contribution in [2.24, 2.45) is 5.92 Å². The number of nitrogens with zero attached hydrogens (tertiary/aromatic N) is 1. The quantitative estimate of drug-likeness (QED) is 0.802. The van der Waals surface area contributed by atoms with Crippen molar-refractivity contribution in [3.05, 3.63) is 30.1 Å². The van der Waals surface area contributed by atoms with Crippen LogP contribution >= 0.6 is 0 Å². The van der Waals surface area contributed by atoms with Gasteiger partial charge < -0.3 is 14.8 Å². The summed E-state index contributed by atoms with van der Waals surface area (Å²) in [5, 5.41) is 3.27. The van der Waals surface area contributed by atoms with Gasteiger partial charge in [0.05, 0.1) is 19.6 Å². The first kappa shape index (κ1) is 20.1. The molecule has 2 heterocycles. The van der Waals surface area contributed by atoms with Crippen molar-refractivity contribution >= 4 is 11.9 Å². The number of rotatable bonds is 6. The van der Waals surface area contributed by atoms with Gasteiger partial charge in [0, 0.05) is 18.8 Å². The first-order valence-corrected chi connectivity index (χ1v) is 8.56. The number of hydrogen-bond donors (Lipinski definition) is 1. The van der Waals surface area contributed by atoms with E-state index in [0.29, 0.717) is 32.0 Å². The number of carbonyl (C=O) groups excluding carboxylic acids is 2. The van der Waals surface area contributed by atoms with Crippen LogP contribution in [-0.4, -0.2) is 43.2 Å². The monoisotopic (exact) mass is 336 g/mol. The van der Waals surface area contributed by atoms with Gasteiger partial charge in [0.25, 0.3) is 0 Å². The van der Waals surface area contributed by atoms with Crippen molar-refractivity contribution in [2.45, 2.75) is 39.5 Å². The van der Waals surface area contributed by atoms with Gasteiger partial charge in [-0.15, -0.1) is 0 Å². The summed E-state index contributed by atoms with van der Waals surface area (Å²) in [5.74, 6) is 0.245. The molecule has 0 saturated carbocycles. The zero-order valence-corrected chi connectivity index (χ0v) is 14.6.